The van der Waals surface area contributed by atoms with Crippen molar-refractivity contribution >= 4 is 0 Å². The highest BCUT2D eigenvalue weighted by Gasteiger charge is 2.12. The van der Waals surface area contributed by atoms with E-state index in [1.165, 1.54) is 0 Å². The van der Waals surface area contributed by atoms with Gasteiger partial charge < -0.3 is 9.84 Å². The lowest BCUT2D eigenvalue weighted by molar-refractivity contribution is 0.266. The zero-order chi connectivity index (χ0) is 14.7. The summed E-state index contributed by atoms with van der Waals surface area (Å²) in [5.74, 6) is -2.03. The fraction of sp³-hybridized carbons (Fsp3) is 0.250. The van der Waals surface area contributed by atoms with Crippen LogP contribution in [0.2, 0.25) is 0 Å². The molecule has 2 aromatic rings. The fourth-order valence-electron chi connectivity index (χ4n) is 1.89. The van der Waals surface area contributed by atoms with Gasteiger partial charge in [0.15, 0.2) is 17.4 Å². The molecule has 20 heavy (non-hydrogen) atoms. The number of halogens is 2. The molecule has 2 nitrogen and oxygen atoms in total. The van der Waals surface area contributed by atoms with Gasteiger partial charge in [-0.3, -0.25) is 0 Å². The molecule has 0 unspecified atom stereocenters. The van der Waals surface area contributed by atoms with E-state index in [2.05, 4.69) is 0 Å². The van der Waals surface area contributed by atoms with Gasteiger partial charge in [0.25, 0.3) is 0 Å². The topological polar surface area (TPSA) is 29.5 Å². The summed E-state index contributed by atoms with van der Waals surface area (Å²) in [4.78, 5) is 0. The number of hydrogen-bond acceptors (Lipinski definition) is 2. The summed E-state index contributed by atoms with van der Waals surface area (Å²) < 4.78 is 32.6. The molecule has 2 rings (SSSR count). The monoisotopic (exact) mass is 278 g/mol. The molecule has 4 heteroatoms. The number of aryl methyl sites for hydroxylation is 2. The lowest BCUT2D eigenvalue weighted by Gasteiger charge is -2.10. The van der Waals surface area contributed by atoms with Gasteiger partial charge in [0.1, 0.15) is 6.61 Å². The average molecular weight is 278 g/mol. The number of benzene rings is 2. The van der Waals surface area contributed by atoms with Gasteiger partial charge in [-0.15, -0.1) is 0 Å². The van der Waals surface area contributed by atoms with E-state index >= 15 is 0 Å². The maximum atomic E-state index is 13.7. The average Bonchev–Trinajstić information content (AvgIpc) is 2.41. The molecule has 0 bridgehead atoms. The van der Waals surface area contributed by atoms with E-state index in [-0.39, 0.29) is 12.2 Å². The van der Waals surface area contributed by atoms with E-state index in [9.17, 15) is 8.78 Å². The van der Waals surface area contributed by atoms with Crippen molar-refractivity contribution in [3.05, 3.63) is 64.2 Å². The van der Waals surface area contributed by atoms with Crippen LogP contribution in [0.4, 0.5) is 8.78 Å². The van der Waals surface area contributed by atoms with Crippen LogP contribution < -0.4 is 4.74 Å². The number of aliphatic hydroxyl groups excluding tert-OH is 1. The summed E-state index contributed by atoms with van der Waals surface area (Å²) in [7, 11) is 0. The molecule has 106 valence electrons. The molecule has 0 saturated heterocycles. The molecule has 0 saturated carbocycles. The van der Waals surface area contributed by atoms with Crippen molar-refractivity contribution in [1.82, 2.24) is 0 Å². The molecule has 0 fully saturated rings. The smallest absolute Gasteiger partial charge is 0.191 e. The van der Waals surface area contributed by atoms with Crippen LogP contribution in [0.3, 0.4) is 0 Å². The molecule has 0 amide bonds. The normalized spacial score (nSPS) is 10.7. The van der Waals surface area contributed by atoms with E-state index < -0.39 is 24.0 Å². The fourth-order valence-corrected chi connectivity index (χ4v) is 1.89. The van der Waals surface area contributed by atoms with E-state index in [4.69, 9.17) is 9.84 Å². The first-order valence-electron chi connectivity index (χ1n) is 6.29. The Hall–Kier alpha value is -1.94. The molecule has 0 aliphatic carbocycles. The van der Waals surface area contributed by atoms with E-state index in [1.807, 2.05) is 32.0 Å². The first-order valence-corrected chi connectivity index (χ1v) is 6.29. The van der Waals surface area contributed by atoms with Crippen LogP contribution in [0.15, 0.2) is 30.3 Å². The highest BCUT2D eigenvalue weighted by molar-refractivity contribution is 5.33. The van der Waals surface area contributed by atoms with Crippen LogP contribution in [-0.4, -0.2) is 5.11 Å². The zero-order valence-corrected chi connectivity index (χ0v) is 11.4. The number of aliphatic hydroxyl groups is 1. The van der Waals surface area contributed by atoms with Gasteiger partial charge in [0, 0.05) is 0 Å². The van der Waals surface area contributed by atoms with Gasteiger partial charge in [0.05, 0.1) is 6.61 Å². The SMILES string of the molecule is Cc1ccc(COc2c(F)cc(CO)cc2F)cc1C. The second-order valence-electron chi connectivity index (χ2n) is 4.75. The van der Waals surface area contributed by atoms with Gasteiger partial charge in [-0.2, -0.15) is 0 Å². The molecule has 0 aromatic heterocycles. The summed E-state index contributed by atoms with van der Waals surface area (Å²) in [6.07, 6.45) is 0. The molecule has 0 aliphatic heterocycles. The van der Waals surface area contributed by atoms with Gasteiger partial charge in [-0.05, 0) is 48.2 Å². The molecule has 0 heterocycles. The third-order valence-electron chi connectivity index (χ3n) is 3.20. The Labute approximate surface area is 116 Å². The third kappa shape index (κ3) is 3.14. The lowest BCUT2D eigenvalue weighted by atomic mass is 10.1. The second kappa shape index (κ2) is 6.01. The van der Waals surface area contributed by atoms with E-state index in [1.54, 1.807) is 0 Å². The van der Waals surface area contributed by atoms with Crippen LogP contribution in [0, 0.1) is 25.5 Å². The first kappa shape index (κ1) is 14.5. The summed E-state index contributed by atoms with van der Waals surface area (Å²) in [5, 5.41) is 8.87. The molecular weight excluding hydrogens is 262 g/mol. The second-order valence-corrected chi connectivity index (χ2v) is 4.75. The van der Waals surface area contributed by atoms with Crippen LogP contribution in [0.1, 0.15) is 22.3 Å². The molecule has 0 spiro atoms. The quantitative estimate of drug-likeness (QED) is 0.925. The van der Waals surface area contributed by atoms with Crippen LogP contribution in [0.5, 0.6) is 5.75 Å². The molecular formula is C16H16F2O2. The van der Waals surface area contributed by atoms with Gasteiger partial charge in [-0.25, -0.2) is 8.78 Å². The third-order valence-corrected chi connectivity index (χ3v) is 3.20. The van der Waals surface area contributed by atoms with Gasteiger partial charge in [-0.1, -0.05) is 18.2 Å². The van der Waals surface area contributed by atoms with Gasteiger partial charge >= 0.3 is 0 Å². The summed E-state index contributed by atoms with van der Waals surface area (Å²) in [5.41, 5.74) is 3.28. The minimum absolute atomic E-state index is 0.0907. The van der Waals surface area contributed by atoms with Crippen LogP contribution in [0.25, 0.3) is 0 Å². The van der Waals surface area contributed by atoms with Crippen molar-refractivity contribution in [2.24, 2.45) is 0 Å². The highest BCUT2D eigenvalue weighted by atomic mass is 19.1. The Morgan fingerprint density at radius 1 is 0.950 bits per heavy atom. The minimum Gasteiger partial charge on any atom is -0.483 e. The maximum Gasteiger partial charge on any atom is 0.191 e. The largest absolute Gasteiger partial charge is 0.483 e. The molecule has 0 atom stereocenters. The number of rotatable bonds is 4. The molecule has 2 aromatic carbocycles. The predicted molar refractivity (Wildman–Crippen MR) is 72.5 cm³/mol. The van der Waals surface area contributed by atoms with Crippen molar-refractivity contribution < 1.29 is 18.6 Å². The van der Waals surface area contributed by atoms with E-state index in [0.29, 0.717) is 0 Å². The van der Waals surface area contributed by atoms with Crippen LogP contribution >= 0.6 is 0 Å². The predicted octanol–water partition coefficient (Wildman–Crippen LogP) is 3.65. The van der Waals surface area contributed by atoms with Gasteiger partial charge in [0.2, 0.25) is 0 Å². The molecule has 0 aliphatic rings. The van der Waals surface area contributed by atoms with Crippen molar-refractivity contribution in [3.8, 4) is 5.75 Å². The standard InChI is InChI=1S/C16H16F2O2/c1-10-3-4-12(5-11(10)2)9-20-16-14(17)6-13(8-19)7-15(16)18/h3-7,19H,8-9H2,1-2H3. The summed E-state index contributed by atoms with van der Waals surface area (Å²) >= 11 is 0. The Balaban J connectivity index is 2.16. The zero-order valence-electron chi connectivity index (χ0n) is 11.4. The molecule has 0 radical (unpaired) electrons. The molecule has 1 N–H and O–H groups in total. The Morgan fingerprint density at radius 2 is 1.60 bits per heavy atom. The van der Waals surface area contributed by atoms with E-state index in [0.717, 1.165) is 28.8 Å². The highest BCUT2D eigenvalue weighted by Crippen LogP contribution is 2.24. The number of ether oxygens (including phenoxy) is 1. The van der Waals surface area contributed by atoms with Crippen molar-refractivity contribution in [2.75, 3.05) is 0 Å². The van der Waals surface area contributed by atoms with Crippen molar-refractivity contribution in [3.63, 3.8) is 0 Å². The Morgan fingerprint density at radius 3 is 2.15 bits per heavy atom. The van der Waals surface area contributed by atoms with Crippen molar-refractivity contribution in [2.45, 2.75) is 27.1 Å². The van der Waals surface area contributed by atoms with Crippen LogP contribution in [-0.2, 0) is 13.2 Å². The first-order chi connectivity index (χ1) is 9.51. The number of hydrogen-bond donors (Lipinski definition) is 1. The summed E-state index contributed by atoms with van der Waals surface area (Å²) in [6, 6.07) is 7.86. The minimum atomic E-state index is -0.808. The maximum absolute atomic E-state index is 13.7. The Bertz CT molecular complexity index is 601. The summed E-state index contributed by atoms with van der Waals surface area (Å²) in [6.45, 7) is 3.64. The Kier molecular flexibility index (Phi) is 4.35. The van der Waals surface area contributed by atoms with Crippen molar-refractivity contribution in [1.29, 1.82) is 0 Å². The lowest BCUT2D eigenvalue weighted by Crippen LogP contribution is -2.02.